The molecule has 0 fully saturated rings. The van der Waals surface area contributed by atoms with Crippen molar-refractivity contribution in [3.63, 3.8) is 0 Å². The van der Waals surface area contributed by atoms with Gasteiger partial charge >= 0.3 is 5.69 Å². The first-order valence-electron chi connectivity index (χ1n) is 4.86. The van der Waals surface area contributed by atoms with Crippen LogP contribution in [0.1, 0.15) is 0 Å². The molecular weight excluding hydrogens is 290 g/mol. The van der Waals surface area contributed by atoms with Crippen LogP contribution in [0.3, 0.4) is 0 Å². The van der Waals surface area contributed by atoms with Gasteiger partial charge in [-0.05, 0) is 15.9 Å². The van der Waals surface area contributed by atoms with Crippen LogP contribution in [0.25, 0.3) is 0 Å². The predicted octanol–water partition coefficient (Wildman–Crippen LogP) is 1.74. The number of nitrogens with zero attached hydrogens (tertiary/aromatic N) is 3. The summed E-state index contributed by atoms with van der Waals surface area (Å²) in [4.78, 5) is 15.8. The number of aliphatic hydroxyl groups is 1. The van der Waals surface area contributed by atoms with Crippen LogP contribution in [0.2, 0.25) is 0 Å². The Hall–Kier alpha value is -1.47. The van der Waals surface area contributed by atoms with E-state index in [0.717, 1.165) is 0 Å². The van der Waals surface area contributed by atoms with Gasteiger partial charge < -0.3 is 10.0 Å². The Balaban J connectivity index is 3.23. The van der Waals surface area contributed by atoms with E-state index < -0.39 is 4.92 Å². The molecule has 0 amide bonds. The van der Waals surface area contributed by atoms with Gasteiger partial charge in [0, 0.05) is 19.3 Å². The van der Waals surface area contributed by atoms with E-state index in [1.54, 1.807) is 11.0 Å². The van der Waals surface area contributed by atoms with Crippen LogP contribution in [0, 0.1) is 10.1 Å². The van der Waals surface area contributed by atoms with Crippen molar-refractivity contribution in [2.45, 2.75) is 0 Å². The van der Waals surface area contributed by atoms with Crippen molar-refractivity contribution in [1.29, 1.82) is 0 Å². The van der Waals surface area contributed by atoms with Crippen LogP contribution in [0.15, 0.2) is 29.5 Å². The highest BCUT2D eigenvalue weighted by molar-refractivity contribution is 9.10. The molecule has 0 aromatic carbocycles. The van der Waals surface area contributed by atoms with Crippen molar-refractivity contribution in [2.75, 3.05) is 24.6 Å². The normalized spacial score (nSPS) is 10.0. The highest BCUT2D eigenvalue weighted by Gasteiger charge is 2.22. The van der Waals surface area contributed by atoms with E-state index in [0.29, 0.717) is 16.7 Å². The van der Waals surface area contributed by atoms with Gasteiger partial charge in [0.1, 0.15) is 11.9 Å². The number of hydrogen-bond donors (Lipinski definition) is 1. The molecule has 7 heteroatoms. The topological polar surface area (TPSA) is 79.5 Å². The van der Waals surface area contributed by atoms with E-state index >= 15 is 0 Å². The zero-order valence-electron chi connectivity index (χ0n) is 9.04. The van der Waals surface area contributed by atoms with E-state index in [4.69, 9.17) is 5.11 Å². The minimum Gasteiger partial charge on any atom is -0.395 e. The molecule has 0 bridgehead atoms. The molecule has 1 heterocycles. The van der Waals surface area contributed by atoms with Crippen molar-refractivity contribution >= 4 is 27.3 Å². The molecular formula is C10H12BrN3O3. The predicted molar refractivity (Wildman–Crippen MR) is 68.1 cm³/mol. The lowest BCUT2D eigenvalue weighted by atomic mass is 10.3. The Morgan fingerprint density at radius 1 is 1.65 bits per heavy atom. The first kappa shape index (κ1) is 13.6. The fourth-order valence-corrected chi connectivity index (χ4v) is 2.01. The van der Waals surface area contributed by atoms with E-state index in [1.807, 2.05) is 0 Å². The Labute approximate surface area is 107 Å². The maximum absolute atomic E-state index is 10.9. The van der Waals surface area contributed by atoms with Crippen molar-refractivity contribution in [2.24, 2.45) is 0 Å². The molecule has 0 aliphatic rings. The zero-order valence-corrected chi connectivity index (χ0v) is 10.6. The van der Waals surface area contributed by atoms with Crippen molar-refractivity contribution in [3.8, 4) is 0 Å². The van der Waals surface area contributed by atoms with Gasteiger partial charge in [-0.15, -0.1) is 6.58 Å². The lowest BCUT2D eigenvalue weighted by Gasteiger charge is -2.22. The molecule has 1 N–H and O–H groups in total. The minimum absolute atomic E-state index is 0.0975. The molecule has 0 radical (unpaired) electrons. The van der Waals surface area contributed by atoms with Crippen LogP contribution >= 0.6 is 15.9 Å². The fourth-order valence-electron chi connectivity index (χ4n) is 1.44. The highest BCUT2D eigenvalue weighted by Crippen LogP contribution is 2.34. The van der Waals surface area contributed by atoms with Gasteiger partial charge in [0.2, 0.25) is 0 Å². The molecule has 1 aromatic heterocycles. The second-order valence-corrected chi connectivity index (χ2v) is 4.06. The molecule has 0 spiro atoms. The molecule has 0 aliphatic carbocycles. The second-order valence-electron chi connectivity index (χ2n) is 3.20. The summed E-state index contributed by atoms with van der Waals surface area (Å²) < 4.78 is 0.516. The molecule has 0 atom stereocenters. The van der Waals surface area contributed by atoms with Crippen molar-refractivity contribution in [1.82, 2.24) is 4.98 Å². The molecule has 6 nitrogen and oxygen atoms in total. The summed E-state index contributed by atoms with van der Waals surface area (Å²) in [5, 5.41) is 19.9. The summed E-state index contributed by atoms with van der Waals surface area (Å²) in [6, 6.07) is 0. The van der Waals surface area contributed by atoms with Gasteiger partial charge in [-0.2, -0.15) is 0 Å². The molecule has 1 aromatic rings. The number of halogens is 1. The molecule has 0 aliphatic heterocycles. The fraction of sp³-hybridized carbons (Fsp3) is 0.300. The average molecular weight is 302 g/mol. The summed E-state index contributed by atoms with van der Waals surface area (Å²) >= 11 is 3.23. The van der Waals surface area contributed by atoms with Gasteiger partial charge in [0.25, 0.3) is 0 Å². The van der Waals surface area contributed by atoms with Crippen molar-refractivity contribution in [3.05, 3.63) is 39.6 Å². The third kappa shape index (κ3) is 3.24. The van der Waals surface area contributed by atoms with Gasteiger partial charge in [0.15, 0.2) is 0 Å². The SMILES string of the molecule is C=CCN(CCO)c1c(Br)cncc1[N+](=O)[O-]. The van der Waals surface area contributed by atoms with E-state index in [1.165, 1.54) is 12.4 Å². The number of aliphatic hydroxyl groups excluding tert-OH is 1. The first-order chi connectivity index (χ1) is 8.11. The van der Waals surface area contributed by atoms with E-state index in [-0.39, 0.29) is 18.8 Å². The van der Waals surface area contributed by atoms with Crippen LogP contribution in [-0.4, -0.2) is 34.7 Å². The molecule has 0 saturated heterocycles. The quantitative estimate of drug-likeness (QED) is 0.492. The van der Waals surface area contributed by atoms with Gasteiger partial charge in [-0.1, -0.05) is 6.08 Å². The molecule has 0 unspecified atom stereocenters. The van der Waals surface area contributed by atoms with Gasteiger partial charge in [-0.25, -0.2) is 0 Å². The third-order valence-corrected chi connectivity index (χ3v) is 2.67. The van der Waals surface area contributed by atoms with Crippen molar-refractivity contribution < 1.29 is 10.0 Å². The van der Waals surface area contributed by atoms with Crippen LogP contribution in [0.4, 0.5) is 11.4 Å². The molecule has 92 valence electrons. The molecule has 0 saturated carbocycles. The van der Waals surface area contributed by atoms with Gasteiger partial charge in [-0.3, -0.25) is 15.1 Å². The summed E-state index contributed by atoms with van der Waals surface area (Å²) in [6.45, 7) is 4.18. The van der Waals surface area contributed by atoms with Crippen LogP contribution < -0.4 is 4.90 Å². The number of pyridine rings is 1. The van der Waals surface area contributed by atoms with Crippen LogP contribution in [-0.2, 0) is 0 Å². The van der Waals surface area contributed by atoms with E-state index in [2.05, 4.69) is 27.5 Å². The maximum Gasteiger partial charge on any atom is 0.311 e. The Morgan fingerprint density at radius 2 is 2.35 bits per heavy atom. The molecule has 1 rings (SSSR count). The Kier molecular flexibility index (Phi) is 5.05. The molecule has 17 heavy (non-hydrogen) atoms. The number of aromatic nitrogens is 1. The maximum atomic E-state index is 10.9. The Bertz CT molecular complexity index is 425. The van der Waals surface area contributed by atoms with Crippen LogP contribution in [0.5, 0.6) is 0 Å². The summed E-state index contributed by atoms with van der Waals surface area (Å²) in [6.07, 6.45) is 4.29. The summed E-state index contributed by atoms with van der Waals surface area (Å²) in [5.41, 5.74) is 0.300. The van der Waals surface area contributed by atoms with Gasteiger partial charge in [0.05, 0.1) is 16.0 Å². The lowest BCUT2D eigenvalue weighted by molar-refractivity contribution is -0.384. The standard InChI is InChI=1S/C10H12BrN3O3/c1-2-3-13(4-5-15)10-8(11)6-12-7-9(10)14(16)17/h2,6-7,15H,1,3-5H2. The number of hydrogen-bond acceptors (Lipinski definition) is 5. The first-order valence-corrected chi connectivity index (χ1v) is 5.65. The summed E-state index contributed by atoms with van der Waals surface area (Å²) in [5.74, 6) is 0. The summed E-state index contributed by atoms with van der Waals surface area (Å²) in [7, 11) is 0. The number of anilines is 1. The van der Waals surface area contributed by atoms with E-state index in [9.17, 15) is 10.1 Å². The number of rotatable bonds is 6. The Morgan fingerprint density at radius 3 is 2.88 bits per heavy atom. The zero-order chi connectivity index (χ0) is 12.8. The second kappa shape index (κ2) is 6.31. The highest BCUT2D eigenvalue weighted by atomic mass is 79.9. The minimum atomic E-state index is -0.499. The smallest absolute Gasteiger partial charge is 0.311 e. The third-order valence-electron chi connectivity index (χ3n) is 2.09. The number of nitro groups is 1. The largest absolute Gasteiger partial charge is 0.395 e. The average Bonchev–Trinajstić information content (AvgIpc) is 2.28. The monoisotopic (exact) mass is 301 g/mol. The lowest BCUT2D eigenvalue weighted by Crippen LogP contribution is -2.27.